The van der Waals surface area contributed by atoms with Crippen molar-refractivity contribution < 1.29 is 9.90 Å². The highest BCUT2D eigenvalue weighted by atomic mass is 16.4. The van der Waals surface area contributed by atoms with Crippen LogP contribution < -0.4 is 10.4 Å². The second-order valence-corrected chi connectivity index (χ2v) is 2.62. The Morgan fingerprint density at radius 2 is 2.08 bits per heavy atom. The van der Waals surface area contributed by atoms with Crippen LogP contribution in [0.3, 0.4) is 0 Å². The number of hydrogen-bond donors (Lipinski definition) is 2. The lowest BCUT2D eigenvalue weighted by atomic mass is 10.3. The Kier molecular flexibility index (Phi) is 3.28. The summed E-state index contributed by atoms with van der Waals surface area (Å²) in [4.78, 5) is 10.2. The van der Waals surface area contributed by atoms with E-state index < -0.39 is 5.97 Å². The molecule has 0 unspecified atom stereocenters. The van der Waals surface area contributed by atoms with E-state index in [1.807, 2.05) is 30.3 Å². The van der Waals surface area contributed by atoms with Crippen LogP contribution in [0.5, 0.6) is 0 Å². The van der Waals surface area contributed by atoms with Gasteiger partial charge in [0.15, 0.2) is 0 Å². The fourth-order valence-corrected chi connectivity index (χ4v) is 0.929. The van der Waals surface area contributed by atoms with E-state index >= 15 is 0 Å². The average molecular weight is 180 g/mol. The van der Waals surface area contributed by atoms with E-state index in [0.717, 1.165) is 5.69 Å². The number of hydrogen-bond acceptors (Lipinski definition) is 3. The standard InChI is InChI=1S/C9H12N2O2/c1-11(10-7-9(12)13)8-5-3-2-4-6-8/h2-6,10H,7H2,1H3,(H,12,13). The molecular formula is C9H12N2O2. The molecule has 0 aliphatic heterocycles. The van der Waals surface area contributed by atoms with Gasteiger partial charge in [0.05, 0.1) is 5.69 Å². The topological polar surface area (TPSA) is 52.6 Å². The highest BCUT2D eigenvalue weighted by Gasteiger charge is 2.00. The summed E-state index contributed by atoms with van der Waals surface area (Å²) in [5.41, 5.74) is 3.67. The molecule has 70 valence electrons. The molecule has 4 heteroatoms. The zero-order chi connectivity index (χ0) is 9.68. The van der Waals surface area contributed by atoms with Crippen LogP contribution in [-0.4, -0.2) is 24.7 Å². The molecule has 0 atom stereocenters. The van der Waals surface area contributed by atoms with Crippen LogP contribution in [0.1, 0.15) is 0 Å². The van der Waals surface area contributed by atoms with Gasteiger partial charge in [-0.05, 0) is 12.1 Å². The number of benzene rings is 1. The summed E-state index contributed by atoms with van der Waals surface area (Å²) in [6.07, 6.45) is 0. The molecule has 0 aliphatic rings. The maximum Gasteiger partial charge on any atom is 0.319 e. The first-order valence-electron chi connectivity index (χ1n) is 3.94. The fourth-order valence-electron chi connectivity index (χ4n) is 0.929. The van der Waals surface area contributed by atoms with E-state index in [0.29, 0.717) is 0 Å². The number of para-hydroxylation sites is 1. The summed E-state index contributed by atoms with van der Waals surface area (Å²) < 4.78 is 0. The van der Waals surface area contributed by atoms with Crippen molar-refractivity contribution in [3.63, 3.8) is 0 Å². The first-order chi connectivity index (χ1) is 6.20. The Labute approximate surface area is 76.8 Å². The Hall–Kier alpha value is -1.55. The van der Waals surface area contributed by atoms with Gasteiger partial charge in [-0.1, -0.05) is 18.2 Å². The summed E-state index contributed by atoms with van der Waals surface area (Å²) in [7, 11) is 1.78. The minimum absolute atomic E-state index is 0.0780. The van der Waals surface area contributed by atoms with Gasteiger partial charge >= 0.3 is 5.97 Å². The van der Waals surface area contributed by atoms with Crippen molar-refractivity contribution in [2.45, 2.75) is 0 Å². The monoisotopic (exact) mass is 180 g/mol. The van der Waals surface area contributed by atoms with Crippen LogP contribution in [-0.2, 0) is 4.79 Å². The summed E-state index contributed by atoms with van der Waals surface area (Å²) in [5.74, 6) is -0.872. The second kappa shape index (κ2) is 4.47. The molecule has 0 aliphatic carbocycles. The maximum absolute atomic E-state index is 10.2. The molecule has 0 amide bonds. The highest BCUT2D eigenvalue weighted by molar-refractivity contribution is 5.69. The van der Waals surface area contributed by atoms with Crippen LogP contribution in [0.4, 0.5) is 5.69 Å². The minimum Gasteiger partial charge on any atom is -0.480 e. The predicted octanol–water partition coefficient (Wildman–Crippen LogP) is 0.712. The van der Waals surface area contributed by atoms with E-state index in [-0.39, 0.29) is 6.54 Å². The summed E-state index contributed by atoms with van der Waals surface area (Å²) in [6, 6.07) is 9.50. The first-order valence-corrected chi connectivity index (χ1v) is 3.94. The fraction of sp³-hybridized carbons (Fsp3) is 0.222. The van der Waals surface area contributed by atoms with Gasteiger partial charge in [-0.25, -0.2) is 5.43 Å². The zero-order valence-corrected chi connectivity index (χ0v) is 7.40. The molecule has 1 aromatic carbocycles. The molecule has 13 heavy (non-hydrogen) atoms. The number of carboxylic acids is 1. The van der Waals surface area contributed by atoms with Gasteiger partial charge in [-0.15, -0.1) is 0 Å². The first kappa shape index (κ1) is 9.54. The molecule has 2 N–H and O–H groups in total. The third-order valence-corrected chi connectivity index (χ3v) is 1.61. The number of carboxylic acid groups (broad SMARTS) is 1. The molecule has 0 aromatic heterocycles. The van der Waals surface area contributed by atoms with Crippen molar-refractivity contribution in [2.75, 3.05) is 18.6 Å². The van der Waals surface area contributed by atoms with Gasteiger partial charge in [0.25, 0.3) is 0 Å². The van der Waals surface area contributed by atoms with Gasteiger partial charge in [0.2, 0.25) is 0 Å². The normalized spacial score (nSPS) is 9.62. The largest absolute Gasteiger partial charge is 0.480 e. The lowest BCUT2D eigenvalue weighted by Crippen LogP contribution is -2.37. The molecule has 0 fully saturated rings. The van der Waals surface area contributed by atoms with Crippen LogP contribution in [0.15, 0.2) is 30.3 Å². The van der Waals surface area contributed by atoms with Gasteiger partial charge in [0, 0.05) is 7.05 Å². The molecule has 0 saturated heterocycles. The third kappa shape index (κ3) is 3.13. The van der Waals surface area contributed by atoms with E-state index in [1.165, 1.54) is 0 Å². The number of rotatable bonds is 4. The number of aliphatic carboxylic acids is 1. The van der Waals surface area contributed by atoms with Gasteiger partial charge in [-0.2, -0.15) is 0 Å². The molecule has 0 bridgehead atoms. The van der Waals surface area contributed by atoms with Gasteiger partial charge in [-0.3, -0.25) is 4.79 Å². The second-order valence-electron chi connectivity index (χ2n) is 2.62. The number of hydrazine groups is 1. The number of carbonyl (C=O) groups is 1. The van der Waals surface area contributed by atoms with Crippen LogP contribution >= 0.6 is 0 Å². The van der Waals surface area contributed by atoms with Crippen LogP contribution in [0, 0.1) is 0 Å². The molecule has 4 nitrogen and oxygen atoms in total. The minimum atomic E-state index is -0.872. The SMILES string of the molecule is CN(NCC(=O)O)c1ccccc1. The maximum atomic E-state index is 10.2. The molecular weight excluding hydrogens is 168 g/mol. The van der Waals surface area contributed by atoms with Crippen molar-refractivity contribution in [2.24, 2.45) is 0 Å². The molecule has 0 heterocycles. The van der Waals surface area contributed by atoms with Crippen molar-refractivity contribution in [3.05, 3.63) is 30.3 Å². The van der Waals surface area contributed by atoms with Crippen molar-refractivity contribution in [3.8, 4) is 0 Å². The molecule has 1 aromatic rings. The lowest BCUT2D eigenvalue weighted by Gasteiger charge is -2.18. The number of nitrogens with zero attached hydrogens (tertiary/aromatic N) is 1. The smallest absolute Gasteiger partial charge is 0.319 e. The summed E-state index contributed by atoms with van der Waals surface area (Å²) in [6.45, 7) is -0.0780. The van der Waals surface area contributed by atoms with Crippen LogP contribution in [0.2, 0.25) is 0 Å². The Balaban J connectivity index is 2.49. The highest BCUT2D eigenvalue weighted by Crippen LogP contribution is 2.07. The van der Waals surface area contributed by atoms with Gasteiger partial charge in [0.1, 0.15) is 6.54 Å². The van der Waals surface area contributed by atoms with E-state index in [2.05, 4.69) is 5.43 Å². The quantitative estimate of drug-likeness (QED) is 0.670. The van der Waals surface area contributed by atoms with Crippen LogP contribution in [0.25, 0.3) is 0 Å². The molecule has 0 radical (unpaired) electrons. The number of nitrogens with one attached hydrogen (secondary N) is 1. The summed E-state index contributed by atoms with van der Waals surface area (Å²) in [5, 5.41) is 10.1. The molecule has 0 saturated carbocycles. The Morgan fingerprint density at radius 3 is 2.62 bits per heavy atom. The zero-order valence-electron chi connectivity index (χ0n) is 7.40. The molecule has 0 spiro atoms. The van der Waals surface area contributed by atoms with Crippen molar-refractivity contribution in [1.82, 2.24) is 5.43 Å². The Bertz CT molecular complexity index is 274. The third-order valence-electron chi connectivity index (χ3n) is 1.61. The van der Waals surface area contributed by atoms with E-state index in [4.69, 9.17) is 5.11 Å². The average Bonchev–Trinajstić information content (AvgIpc) is 2.15. The summed E-state index contributed by atoms with van der Waals surface area (Å²) >= 11 is 0. The van der Waals surface area contributed by atoms with E-state index in [1.54, 1.807) is 12.1 Å². The number of anilines is 1. The lowest BCUT2D eigenvalue weighted by molar-refractivity contribution is -0.135. The molecule has 1 rings (SSSR count). The van der Waals surface area contributed by atoms with Crippen molar-refractivity contribution in [1.29, 1.82) is 0 Å². The van der Waals surface area contributed by atoms with Gasteiger partial charge < -0.3 is 10.1 Å². The predicted molar refractivity (Wildman–Crippen MR) is 50.5 cm³/mol. The van der Waals surface area contributed by atoms with E-state index in [9.17, 15) is 4.79 Å². The Morgan fingerprint density at radius 1 is 1.46 bits per heavy atom. The van der Waals surface area contributed by atoms with Crippen molar-refractivity contribution >= 4 is 11.7 Å².